The Morgan fingerprint density at radius 3 is 2.69 bits per heavy atom. The molecule has 1 aliphatic rings. The van der Waals surface area contributed by atoms with Gasteiger partial charge in [-0.15, -0.1) is 0 Å². The minimum absolute atomic E-state index is 0.0572. The number of carbonyl (C=O) groups excluding carboxylic acids is 2. The van der Waals surface area contributed by atoms with Crippen molar-refractivity contribution in [2.45, 2.75) is 13.0 Å². The van der Waals surface area contributed by atoms with Crippen LogP contribution in [0.25, 0.3) is 0 Å². The molecule has 1 aromatic carbocycles. The number of benzene rings is 1. The van der Waals surface area contributed by atoms with Gasteiger partial charge in [0.25, 0.3) is 0 Å². The van der Waals surface area contributed by atoms with Crippen LogP contribution in [0.4, 0.5) is 16.3 Å². The third-order valence-electron chi connectivity index (χ3n) is 4.15. The van der Waals surface area contributed by atoms with Gasteiger partial charge in [0, 0.05) is 26.7 Å². The highest BCUT2D eigenvalue weighted by Crippen LogP contribution is 2.21. The lowest BCUT2D eigenvalue weighted by Crippen LogP contribution is -2.31. The first-order chi connectivity index (χ1) is 12.7. The lowest BCUT2D eigenvalue weighted by Gasteiger charge is -2.18. The van der Waals surface area contributed by atoms with Crippen molar-refractivity contribution in [1.82, 2.24) is 9.88 Å². The summed E-state index contributed by atoms with van der Waals surface area (Å²) in [5.74, 6) is 0.452. The molecule has 0 unspecified atom stereocenters. The van der Waals surface area contributed by atoms with Crippen LogP contribution >= 0.6 is 0 Å². The first-order valence-corrected chi connectivity index (χ1v) is 8.52. The summed E-state index contributed by atoms with van der Waals surface area (Å²) in [5, 5.41) is 2.75. The van der Waals surface area contributed by atoms with Crippen molar-refractivity contribution in [3.8, 4) is 0 Å². The number of nitrogens with zero attached hydrogens (tertiary/aromatic N) is 3. The van der Waals surface area contributed by atoms with E-state index in [0.717, 1.165) is 5.56 Å². The van der Waals surface area contributed by atoms with Gasteiger partial charge in [-0.05, 0) is 17.7 Å². The van der Waals surface area contributed by atoms with Crippen molar-refractivity contribution in [1.29, 1.82) is 0 Å². The second-order valence-electron chi connectivity index (χ2n) is 6.04. The maximum atomic E-state index is 12.6. The molecule has 0 radical (unpaired) electrons. The fraction of sp³-hybridized carbons (Fsp3) is 0.316. The van der Waals surface area contributed by atoms with Crippen LogP contribution in [0.2, 0.25) is 0 Å². The zero-order chi connectivity index (χ0) is 18.4. The topological polar surface area (TPSA) is 74.8 Å². The smallest absolute Gasteiger partial charge is 0.326 e. The fourth-order valence-electron chi connectivity index (χ4n) is 2.78. The van der Waals surface area contributed by atoms with Gasteiger partial charge in [0.1, 0.15) is 5.82 Å². The van der Waals surface area contributed by atoms with Crippen LogP contribution in [0.1, 0.15) is 12.0 Å². The molecule has 7 nitrogen and oxygen atoms in total. The molecular formula is C19H22N4O3. The highest BCUT2D eigenvalue weighted by atomic mass is 16.5. The van der Waals surface area contributed by atoms with Crippen molar-refractivity contribution in [2.75, 3.05) is 37.0 Å². The van der Waals surface area contributed by atoms with Crippen LogP contribution in [0.5, 0.6) is 0 Å². The van der Waals surface area contributed by atoms with Crippen LogP contribution in [0.3, 0.4) is 0 Å². The number of nitrogens with one attached hydrogen (secondary N) is 1. The number of ether oxygens (including phenoxy) is 1. The Kier molecular flexibility index (Phi) is 5.80. The molecule has 1 fully saturated rings. The third kappa shape index (κ3) is 4.37. The zero-order valence-electron chi connectivity index (χ0n) is 14.7. The minimum atomic E-state index is -0.132. The van der Waals surface area contributed by atoms with E-state index >= 15 is 0 Å². The van der Waals surface area contributed by atoms with Gasteiger partial charge < -0.3 is 15.0 Å². The predicted octanol–water partition coefficient (Wildman–Crippen LogP) is 2.50. The van der Waals surface area contributed by atoms with Crippen molar-refractivity contribution >= 4 is 23.4 Å². The highest BCUT2D eigenvalue weighted by molar-refractivity contribution is 5.94. The molecule has 0 atom stereocenters. The molecule has 1 N–H and O–H groups in total. The normalized spacial score (nSPS) is 14.0. The average molecular weight is 354 g/mol. The average Bonchev–Trinajstić information content (AvgIpc) is 3.02. The SMILES string of the molecule is COCCC(=O)Nc1ccc(N2CCN(Cc3ccccc3)C2=O)nc1. The first kappa shape index (κ1) is 17.9. The Morgan fingerprint density at radius 2 is 2.00 bits per heavy atom. The largest absolute Gasteiger partial charge is 0.384 e. The standard InChI is InChI=1S/C19H22N4O3/c1-26-12-9-18(24)21-16-7-8-17(20-13-16)23-11-10-22(19(23)25)14-15-5-3-2-4-6-15/h2-8,13H,9-12,14H2,1H3,(H,21,24). The van der Waals surface area contributed by atoms with Crippen molar-refractivity contribution in [3.05, 3.63) is 54.2 Å². The summed E-state index contributed by atoms with van der Waals surface area (Å²) < 4.78 is 4.88. The summed E-state index contributed by atoms with van der Waals surface area (Å²) in [5.41, 5.74) is 1.70. The Hall–Kier alpha value is -2.93. The number of methoxy groups -OCH3 is 1. The molecule has 1 aromatic heterocycles. The van der Waals surface area contributed by atoms with Gasteiger partial charge in [-0.2, -0.15) is 0 Å². The number of hydrogen-bond acceptors (Lipinski definition) is 4. The summed E-state index contributed by atoms with van der Waals surface area (Å²) in [6.07, 6.45) is 1.85. The number of pyridine rings is 1. The Balaban J connectivity index is 1.59. The second-order valence-corrected chi connectivity index (χ2v) is 6.04. The van der Waals surface area contributed by atoms with E-state index in [0.29, 0.717) is 37.7 Å². The van der Waals surface area contributed by atoms with Gasteiger partial charge in [0.05, 0.1) is 24.9 Å². The number of rotatable bonds is 7. The summed E-state index contributed by atoms with van der Waals surface area (Å²) in [6.45, 7) is 2.21. The van der Waals surface area contributed by atoms with Crippen LogP contribution in [0.15, 0.2) is 48.7 Å². The van der Waals surface area contributed by atoms with E-state index in [1.54, 1.807) is 35.2 Å². The molecule has 0 spiro atoms. The maximum absolute atomic E-state index is 12.6. The second kappa shape index (κ2) is 8.44. The Morgan fingerprint density at radius 1 is 1.19 bits per heavy atom. The van der Waals surface area contributed by atoms with Gasteiger partial charge in [-0.25, -0.2) is 9.78 Å². The van der Waals surface area contributed by atoms with Gasteiger partial charge >= 0.3 is 6.03 Å². The lowest BCUT2D eigenvalue weighted by atomic mass is 10.2. The van der Waals surface area contributed by atoms with Gasteiger partial charge in [0.2, 0.25) is 5.91 Å². The molecule has 0 saturated carbocycles. The quantitative estimate of drug-likeness (QED) is 0.829. The van der Waals surface area contributed by atoms with E-state index in [1.165, 1.54) is 0 Å². The summed E-state index contributed by atoms with van der Waals surface area (Å²) in [7, 11) is 1.55. The van der Waals surface area contributed by atoms with Crippen LogP contribution in [-0.2, 0) is 16.1 Å². The first-order valence-electron chi connectivity index (χ1n) is 8.52. The number of amides is 3. The molecule has 7 heteroatoms. The molecule has 136 valence electrons. The van der Waals surface area contributed by atoms with Gasteiger partial charge in [-0.1, -0.05) is 30.3 Å². The van der Waals surface area contributed by atoms with Gasteiger partial charge in [0.15, 0.2) is 0 Å². The van der Waals surface area contributed by atoms with Crippen LogP contribution in [-0.4, -0.2) is 48.6 Å². The van der Waals surface area contributed by atoms with E-state index in [4.69, 9.17) is 4.74 Å². The molecule has 1 saturated heterocycles. The predicted molar refractivity (Wildman–Crippen MR) is 99.0 cm³/mol. The highest BCUT2D eigenvalue weighted by Gasteiger charge is 2.30. The van der Waals surface area contributed by atoms with Crippen LogP contribution < -0.4 is 10.2 Å². The molecule has 0 bridgehead atoms. The van der Waals surface area contributed by atoms with E-state index in [1.807, 2.05) is 30.3 Å². The summed E-state index contributed by atoms with van der Waals surface area (Å²) in [4.78, 5) is 32.1. The summed E-state index contributed by atoms with van der Waals surface area (Å²) in [6, 6.07) is 13.4. The molecule has 1 aliphatic heterocycles. The van der Waals surface area contributed by atoms with Crippen molar-refractivity contribution in [2.24, 2.45) is 0 Å². The monoisotopic (exact) mass is 354 g/mol. The number of aromatic nitrogens is 1. The molecular weight excluding hydrogens is 332 g/mol. The van der Waals surface area contributed by atoms with E-state index < -0.39 is 0 Å². The number of urea groups is 1. The van der Waals surface area contributed by atoms with E-state index in [2.05, 4.69) is 10.3 Å². The lowest BCUT2D eigenvalue weighted by molar-refractivity contribution is -0.117. The molecule has 2 aromatic rings. The molecule has 3 rings (SSSR count). The maximum Gasteiger partial charge on any atom is 0.326 e. The summed E-state index contributed by atoms with van der Waals surface area (Å²) >= 11 is 0. The third-order valence-corrected chi connectivity index (χ3v) is 4.15. The number of anilines is 2. The number of carbonyl (C=O) groups is 2. The fourth-order valence-corrected chi connectivity index (χ4v) is 2.78. The zero-order valence-corrected chi connectivity index (χ0v) is 14.7. The molecule has 0 aliphatic carbocycles. The molecule has 26 heavy (non-hydrogen) atoms. The van der Waals surface area contributed by atoms with Crippen LogP contribution in [0, 0.1) is 0 Å². The molecule has 2 heterocycles. The Bertz CT molecular complexity index is 749. The van der Waals surface area contributed by atoms with Crippen molar-refractivity contribution in [3.63, 3.8) is 0 Å². The minimum Gasteiger partial charge on any atom is -0.384 e. The van der Waals surface area contributed by atoms with E-state index in [9.17, 15) is 9.59 Å². The van der Waals surface area contributed by atoms with Gasteiger partial charge in [-0.3, -0.25) is 9.69 Å². The van der Waals surface area contributed by atoms with Crippen molar-refractivity contribution < 1.29 is 14.3 Å². The number of hydrogen-bond donors (Lipinski definition) is 1. The Labute approximate surface area is 152 Å². The molecule has 3 amide bonds. The van der Waals surface area contributed by atoms with E-state index in [-0.39, 0.29) is 18.4 Å².